The molecule has 0 aliphatic rings. The minimum Gasteiger partial charge on any atom is -0.493 e. The monoisotopic (exact) mass is 350 g/mol. The van der Waals surface area contributed by atoms with Crippen molar-refractivity contribution in [3.63, 3.8) is 0 Å². The average Bonchev–Trinajstić information content (AvgIpc) is 2.61. The highest BCUT2D eigenvalue weighted by Crippen LogP contribution is 2.29. The Morgan fingerprint density at radius 2 is 1.81 bits per heavy atom. The van der Waals surface area contributed by atoms with E-state index < -0.39 is 0 Å². The van der Waals surface area contributed by atoms with Gasteiger partial charge in [0.05, 0.1) is 12.1 Å². The highest BCUT2D eigenvalue weighted by Gasteiger charge is 2.07. The third-order valence-corrected chi connectivity index (χ3v) is 4.16. The molecule has 0 aliphatic carbocycles. The van der Waals surface area contributed by atoms with Crippen molar-refractivity contribution in [3.05, 3.63) is 59.7 Å². The van der Waals surface area contributed by atoms with Gasteiger partial charge in [-0.15, -0.1) is 0 Å². The van der Waals surface area contributed by atoms with Crippen molar-refractivity contribution in [2.75, 3.05) is 6.61 Å². The van der Waals surface area contributed by atoms with Gasteiger partial charge >= 0.3 is 0 Å². The summed E-state index contributed by atoms with van der Waals surface area (Å²) >= 11 is 0. The molecule has 0 saturated heterocycles. The van der Waals surface area contributed by atoms with E-state index in [0.717, 1.165) is 33.5 Å². The second-order valence-corrected chi connectivity index (χ2v) is 7.12. The van der Waals surface area contributed by atoms with Crippen LogP contribution in [0.3, 0.4) is 0 Å². The Morgan fingerprint density at radius 1 is 1.00 bits per heavy atom. The van der Waals surface area contributed by atoms with Gasteiger partial charge in [-0.05, 0) is 67.3 Å². The van der Waals surface area contributed by atoms with E-state index >= 15 is 0 Å². The molecule has 1 aromatic heterocycles. The molecule has 4 heteroatoms. The van der Waals surface area contributed by atoms with Crippen LogP contribution in [0.2, 0.25) is 0 Å². The Morgan fingerprint density at radius 3 is 2.50 bits per heavy atom. The van der Waals surface area contributed by atoms with Gasteiger partial charge in [-0.2, -0.15) is 0 Å². The lowest BCUT2D eigenvalue weighted by molar-refractivity contribution is 0.270. The summed E-state index contributed by atoms with van der Waals surface area (Å²) in [6.45, 7) is 8.95. The standard InChI is InChI=1S/C22H26N2O2/c1-14(2)13-25-19-7-9-21(15(3)11-19)26-22-10-6-18-12-17(16(4)23)5-8-20(18)24-22/h5-12,14,16H,13,23H2,1-4H3. The number of pyridine rings is 1. The molecule has 0 aliphatic heterocycles. The molecule has 0 saturated carbocycles. The molecule has 1 atom stereocenters. The van der Waals surface area contributed by atoms with Gasteiger partial charge in [-0.3, -0.25) is 0 Å². The van der Waals surface area contributed by atoms with Gasteiger partial charge in [-0.25, -0.2) is 4.98 Å². The largest absolute Gasteiger partial charge is 0.493 e. The Labute approximate surface area is 155 Å². The Bertz CT molecular complexity index is 904. The van der Waals surface area contributed by atoms with Crippen molar-refractivity contribution in [1.82, 2.24) is 4.98 Å². The minimum absolute atomic E-state index is 0.00871. The summed E-state index contributed by atoms with van der Waals surface area (Å²) in [5.74, 6) is 2.71. The van der Waals surface area contributed by atoms with Gasteiger partial charge in [0.25, 0.3) is 0 Å². The van der Waals surface area contributed by atoms with Crippen LogP contribution in [0.1, 0.15) is 37.9 Å². The SMILES string of the molecule is Cc1cc(OCC(C)C)ccc1Oc1ccc2cc(C(C)N)ccc2n1. The topological polar surface area (TPSA) is 57.4 Å². The number of aromatic nitrogens is 1. The molecule has 3 rings (SSSR count). The molecule has 0 spiro atoms. The van der Waals surface area contributed by atoms with Crippen molar-refractivity contribution < 1.29 is 9.47 Å². The molecule has 2 N–H and O–H groups in total. The fraction of sp³-hybridized carbons (Fsp3) is 0.318. The smallest absolute Gasteiger partial charge is 0.219 e. The van der Waals surface area contributed by atoms with E-state index in [1.807, 2.05) is 56.3 Å². The van der Waals surface area contributed by atoms with Crippen molar-refractivity contribution >= 4 is 10.9 Å². The number of benzene rings is 2. The quantitative estimate of drug-likeness (QED) is 0.647. The van der Waals surface area contributed by atoms with E-state index in [2.05, 4.69) is 24.9 Å². The molecule has 1 unspecified atom stereocenters. The van der Waals surface area contributed by atoms with Crippen LogP contribution in [-0.2, 0) is 0 Å². The summed E-state index contributed by atoms with van der Waals surface area (Å²) in [6, 6.07) is 15.8. The third-order valence-electron chi connectivity index (χ3n) is 4.16. The van der Waals surface area contributed by atoms with Crippen LogP contribution in [0.4, 0.5) is 0 Å². The molecule has 0 radical (unpaired) electrons. The van der Waals surface area contributed by atoms with Crippen molar-refractivity contribution in [2.24, 2.45) is 11.7 Å². The Balaban J connectivity index is 1.79. The van der Waals surface area contributed by atoms with E-state index in [4.69, 9.17) is 15.2 Å². The third kappa shape index (κ3) is 4.33. The zero-order valence-corrected chi connectivity index (χ0v) is 15.8. The second kappa shape index (κ2) is 7.75. The van der Waals surface area contributed by atoms with E-state index in [1.54, 1.807) is 0 Å². The molecule has 136 valence electrons. The normalized spacial score (nSPS) is 12.4. The lowest BCUT2D eigenvalue weighted by Gasteiger charge is -2.12. The van der Waals surface area contributed by atoms with Crippen LogP contribution in [-0.4, -0.2) is 11.6 Å². The Hall–Kier alpha value is -2.59. The van der Waals surface area contributed by atoms with Crippen molar-refractivity contribution in [3.8, 4) is 17.4 Å². The second-order valence-electron chi connectivity index (χ2n) is 7.12. The summed E-state index contributed by atoms with van der Waals surface area (Å²) in [5.41, 5.74) is 8.95. The van der Waals surface area contributed by atoms with Gasteiger partial charge in [0.1, 0.15) is 11.5 Å². The first-order valence-corrected chi connectivity index (χ1v) is 9.00. The maximum absolute atomic E-state index is 5.98. The summed E-state index contributed by atoms with van der Waals surface area (Å²) in [5, 5.41) is 1.06. The first kappa shape index (κ1) is 18.2. The molecule has 1 heterocycles. The number of nitrogens with two attached hydrogens (primary N) is 1. The summed E-state index contributed by atoms with van der Waals surface area (Å²) in [7, 11) is 0. The predicted octanol–water partition coefficient (Wildman–Crippen LogP) is 5.39. The molecule has 4 nitrogen and oxygen atoms in total. The summed E-state index contributed by atoms with van der Waals surface area (Å²) < 4.78 is 11.7. The lowest BCUT2D eigenvalue weighted by atomic mass is 10.1. The molecule has 26 heavy (non-hydrogen) atoms. The van der Waals surface area contributed by atoms with E-state index in [1.165, 1.54) is 0 Å². The minimum atomic E-state index is 0.00871. The molecule has 0 bridgehead atoms. The van der Waals surface area contributed by atoms with Gasteiger partial charge in [0.15, 0.2) is 0 Å². The zero-order valence-electron chi connectivity index (χ0n) is 15.8. The van der Waals surface area contributed by atoms with Crippen LogP contribution < -0.4 is 15.2 Å². The van der Waals surface area contributed by atoms with Gasteiger partial charge in [0.2, 0.25) is 5.88 Å². The van der Waals surface area contributed by atoms with Crippen LogP contribution in [0.5, 0.6) is 17.4 Å². The highest BCUT2D eigenvalue weighted by atomic mass is 16.5. The molecule has 0 amide bonds. The molecule has 2 aromatic carbocycles. The Kier molecular flexibility index (Phi) is 5.43. The van der Waals surface area contributed by atoms with E-state index in [-0.39, 0.29) is 6.04 Å². The number of rotatable bonds is 6. The molecule has 3 aromatic rings. The fourth-order valence-corrected chi connectivity index (χ4v) is 2.67. The van der Waals surface area contributed by atoms with Crippen molar-refractivity contribution in [2.45, 2.75) is 33.7 Å². The van der Waals surface area contributed by atoms with Crippen LogP contribution in [0.15, 0.2) is 48.5 Å². The van der Waals surface area contributed by atoms with Crippen LogP contribution in [0.25, 0.3) is 10.9 Å². The number of aryl methyl sites for hydroxylation is 1. The number of hydrogen-bond acceptors (Lipinski definition) is 4. The van der Waals surface area contributed by atoms with E-state index in [9.17, 15) is 0 Å². The molecular formula is C22H26N2O2. The van der Waals surface area contributed by atoms with Gasteiger partial charge < -0.3 is 15.2 Å². The highest BCUT2D eigenvalue weighted by molar-refractivity contribution is 5.80. The van der Waals surface area contributed by atoms with Gasteiger partial charge in [-0.1, -0.05) is 19.9 Å². The van der Waals surface area contributed by atoms with Gasteiger partial charge in [0, 0.05) is 17.5 Å². The first-order chi connectivity index (χ1) is 12.4. The summed E-state index contributed by atoms with van der Waals surface area (Å²) in [6.07, 6.45) is 0. The molecule has 0 fully saturated rings. The van der Waals surface area contributed by atoms with Crippen molar-refractivity contribution in [1.29, 1.82) is 0 Å². The lowest BCUT2D eigenvalue weighted by Crippen LogP contribution is -2.04. The average molecular weight is 350 g/mol. The number of ether oxygens (including phenoxy) is 2. The maximum atomic E-state index is 5.98. The summed E-state index contributed by atoms with van der Waals surface area (Å²) in [4.78, 5) is 4.60. The maximum Gasteiger partial charge on any atom is 0.219 e. The fourth-order valence-electron chi connectivity index (χ4n) is 2.67. The van der Waals surface area contributed by atoms with E-state index in [0.29, 0.717) is 18.4 Å². The zero-order chi connectivity index (χ0) is 18.7. The number of fused-ring (bicyclic) bond motifs is 1. The van der Waals surface area contributed by atoms with Crippen LogP contribution in [0, 0.1) is 12.8 Å². The number of hydrogen-bond donors (Lipinski definition) is 1. The number of nitrogens with zero attached hydrogens (tertiary/aromatic N) is 1. The molecular weight excluding hydrogens is 324 g/mol. The predicted molar refractivity (Wildman–Crippen MR) is 106 cm³/mol. The first-order valence-electron chi connectivity index (χ1n) is 9.00. The van der Waals surface area contributed by atoms with Crippen LogP contribution >= 0.6 is 0 Å².